The molecule has 9 nitrogen and oxygen atoms in total. The maximum atomic E-state index is 6.58. The maximum absolute atomic E-state index is 6.58. The van der Waals surface area contributed by atoms with Crippen molar-refractivity contribution in [1.82, 2.24) is 9.97 Å². The summed E-state index contributed by atoms with van der Waals surface area (Å²) in [5, 5.41) is 0. The molecule has 1 fully saturated rings. The Bertz CT molecular complexity index is 1060. The summed E-state index contributed by atoms with van der Waals surface area (Å²) in [4.78, 5) is 8.54. The smallest absolute Gasteiger partial charge is 0.186 e. The van der Waals surface area contributed by atoms with E-state index >= 15 is 0 Å². The first kappa shape index (κ1) is 30.2. The largest absolute Gasteiger partial charge is 0.379 e. The Labute approximate surface area is 236 Å². The molecule has 0 saturated carbocycles. The van der Waals surface area contributed by atoms with Gasteiger partial charge in [0.25, 0.3) is 0 Å². The van der Waals surface area contributed by atoms with Crippen molar-refractivity contribution in [1.29, 1.82) is 0 Å². The van der Waals surface area contributed by atoms with Crippen molar-refractivity contribution in [3.05, 3.63) is 96.1 Å². The number of hydrogen-bond acceptors (Lipinski definition) is 9. The van der Waals surface area contributed by atoms with E-state index in [1.807, 2.05) is 60.7 Å². The summed E-state index contributed by atoms with van der Waals surface area (Å²) >= 11 is 0. The van der Waals surface area contributed by atoms with E-state index in [1.54, 1.807) is 25.7 Å². The quantitative estimate of drug-likeness (QED) is 0.249. The number of methoxy groups -OCH3 is 1. The van der Waals surface area contributed by atoms with Crippen LogP contribution in [0.15, 0.2) is 79.3 Å². The van der Waals surface area contributed by atoms with Crippen LogP contribution in [0, 0.1) is 0 Å². The SMILES string of the molecule is CO[C@@H]1O[C@H](COCCCCCN)[C@@H](OCc2cnccn2)[C@H](OCc2ccccc2)[C@H]1OCc1ccccc1. The lowest BCUT2D eigenvalue weighted by Crippen LogP contribution is -2.61. The van der Waals surface area contributed by atoms with Crippen molar-refractivity contribution in [3.8, 4) is 0 Å². The number of aromatic nitrogens is 2. The van der Waals surface area contributed by atoms with Crippen LogP contribution < -0.4 is 5.73 Å². The lowest BCUT2D eigenvalue weighted by Gasteiger charge is -2.45. The van der Waals surface area contributed by atoms with Gasteiger partial charge in [-0.3, -0.25) is 9.97 Å². The summed E-state index contributed by atoms with van der Waals surface area (Å²) < 4.78 is 37.7. The van der Waals surface area contributed by atoms with Gasteiger partial charge in [0, 0.05) is 26.1 Å². The highest BCUT2D eigenvalue weighted by atomic mass is 16.7. The van der Waals surface area contributed by atoms with Gasteiger partial charge in [0.1, 0.15) is 24.4 Å². The Morgan fingerprint density at radius 1 is 0.775 bits per heavy atom. The molecule has 1 aliphatic heterocycles. The Hall–Kier alpha value is -2.76. The lowest BCUT2D eigenvalue weighted by molar-refractivity contribution is -0.323. The highest BCUT2D eigenvalue weighted by Crippen LogP contribution is 2.31. The first-order valence-electron chi connectivity index (χ1n) is 13.9. The van der Waals surface area contributed by atoms with Gasteiger partial charge in [0.05, 0.1) is 38.3 Å². The Kier molecular flexibility index (Phi) is 12.9. The molecule has 4 rings (SSSR count). The third kappa shape index (κ3) is 9.42. The fourth-order valence-corrected chi connectivity index (χ4v) is 4.61. The van der Waals surface area contributed by atoms with Crippen molar-refractivity contribution in [2.24, 2.45) is 5.73 Å². The zero-order valence-electron chi connectivity index (χ0n) is 23.2. The number of nitrogens with zero attached hydrogens (tertiary/aromatic N) is 2. The van der Waals surface area contributed by atoms with E-state index in [1.165, 1.54) is 0 Å². The molecule has 1 aliphatic rings. The van der Waals surface area contributed by atoms with Crippen LogP contribution in [0.5, 0.6) is 0 Å². The molecular weight excluding hydrogens is 510 g/mol. The van der Waals surface area contributed by atoms with E-state index in [0.29, 0.717) is 38.7 Å². The topological polar surface area (TPSA) is 107 Å². The predicted octanol–water partition coefficient (Wildman–Crippen LogP) is 4.05. The van der Waals surface area contributed by atoms with Crippen molar-refractivity contribution < 1.29 is 28.4 Å². The summed E-state index contributed by atoms with van der Waals surface area (Å²) in [7, 11) is 1.61. The summed E-state index contributed by atoms with van der Waals surface area (Å²) in [5.74, 6) is 0. The van der Waals surface area contributed by atoms with Gasteiger partial charge in [0.15, 0.2) is 6.29 Å². The molecule has 2 aromatic carbocycles. The van der Waals surface area contributed by atoms with Crippen LogP contribution in [0.2, 0.25) is 0 Å². The van der Waals surface area contributed by atoms with Gasteiger partial charge in [0.2, 0.25) is 0 Å². The number of ether oxygens (including phenoxy) is 6. The van der Waals surface area contributed by atoms with E-state index in [2.05, 4.69) is 9.97 Å². The lowest BCUT2D eigenvalue weighted by atomic mass is 9.98. The van der Waals surface area contributed by atoms with Crippen LogP contribution in [0.3, 0.4) is 0 Å². The van der Waals surface area contributed by atoms with E-state index < -0.39 is 30.7 Å². The molecule has 0 aliphatic carbocycles. The van der Waals surface area contributed by atoms with Crippen molar-refractivity contribution >= 4 is 0 Å². The Morgan fingerprint density at radius 2 is 1.45 bits per heavy atom. The first-order chi connectivity index (χ1) is 19.8. The minimum absolute atomic E-state index is 0.239. The summed E-state index contributed by atoms with van der Waals surface area (Å²) in [5.41, 5.74) is 8.42. The zero-order chi connectivity index (χ0) is 27.8. The molecule has 9 heteroatoms. The molecule has 2 N–H and O–H groups in total. The molecule has 5 atom stereocenters. The van der Waals surface area contributed by atoms with Crippen LogP contribution in [0.25, 0.3) is 0 Å². The molecule has 216 valence electrons. The molecule has 2 heterocycles. The van der Waals surface area contributed by atoms with Crippen LogP contribution in [0.4, 0.5) is 0 Å². The molecule has 1 saturated heterocycles. The van der Waals surface area contributed by atoms with Crippen LogP contribution in [0.1, 0.15) is 36.1 Å². The van der Waals surface area contributed by atoms with E-state index in [4.69, 9.17) is 34.2 Å². The van der Waals surface area contributed by atoms with Gasteiger partial charge in [-0.1, -0.05) is 60.7 Å². The molecule has 0 amide bonds. The molecule has 1 aromatic heterocycles. The molecule has 0 spiro atoms. The maximum Gasteiger partial charge on any atom is 0.186 e. The van der Waals surface area contributed by atoms with Gasteiger partial charge < -0.3 is 34.2 Å². The number of benzene rings is 2. The minimum Gasteiger partial charge on any atom is -0.379 e. The Balaban J connectivity index is 1.54. The van der Waals surface area contributed by atoms with Crippen LogP contribution >= 0.6 is 0 Å². The van der Waals surface area contributed by atoms with Crippen molar-refractivity contribution in [3.63, 3.8) is 0 Å². The van der Waals surface area contributed by atoms with Gasteiger partial charge >= 0.3 is 0 Å². The predicted molar refractivity (Wildman–Crippen MR) is 150 cm³/mol. The zero-order valence-corrected chi connectivity index (χ0v) is 23.2. The van der Waals surface area contributed by atoms with Gasteiger partial charge in [-0.15, -0.1) is 0 Å². The highest BCUT2D eigenvalue weighted by Gasteiger charge is 2.48. The van der Waals surface area contributed by atoms with Crippen LogP contribution in [-0.4, -0.2) is 67.5 Å². The summed E-state index contributed by atoms with van der Waals surface area (Å²) in [6.45, 7) is 2.61. The Morgan fingerprint density at radius 3 is 2.08 bits per heavy atom. The third-order valence-corrected chi connectivity index (χ3v) is 6.71. The van der Waals surface area contributed by atoms with Gasteiger partial charge in [-0.2, -0.15) is 0 Å². The summed E-state index contributed by atoms with van der Waals surface area (Å²) in [6, 6.07) is 20.0. The second-order valence-electron chi connectivity index (χ2n) is 9.70. The molecule has 0 radical (unpaired) electrons. The molecule has 0 unspecified atom stereocenters. The standard InChI is InChI=1S/C31H41N3O6/c1-35-31-30(38-21-25-13-7-3-8-14-25)29(37-20-24-11-5-2-6-12-24)28(39-22-26-19-33-16-17-34-26)27(40-31)23-36-18-10-4-9-15-32/h2-3,5-8,11-14,16-17,19,27-31H,4,9-10,15,18,20-23,32H2,1H3/t27-,28-,29+,30-,31-/m1/s1. The highest BCUT2D eigenvalue weighted by molar-refractivity contribution is 5.14. The second kappa shape index (κ2) is 17.1. The van der Waals surface area contributed by atoms with Crippen molar-refractivity contribution in [2.45, 2.75) is 69.8 Å². The number of hydrogen-bond donors (Lipinski definition) is 1. The molecular formula is C31H41N3O6. The monoisotopic (exact) mass is 551 g/mol. The third-order valence-electron chi connectivity index (χ3n) is 6.71. The normalized spacial score (nSPS) is 22.8. The first-order valence-corrected chi connectivity index (χ1v) is 13.9. The number of rotatable bonds is 17. The van der Waals surface area contributed by atoms with Gasteiger partial charge in [-0.05, 0) is 36.9 Å². The van der Waals surface area contributed by atoms with E-state index in [0.717, 1.165) is 30.4 Å². The summed E-state index contributed by atoms with van der Waals surface area (Å²) in [6.07, 6.45) is 5.20. The molecule has 3 aromatic rings. The molecule has 0 bridgehead atoms. The second-order valence-corrected chi connectivity index (χ2v) is 9.70. The minimum atomic E-state index is -0.674. The average Bonchev–Trinajstić information content (AvgIpc) is 3.01. The average molecular weight is 552 g/mol. The van der Waals surface area contributed by atoms with Crippen LogP contribution in [-0.2, 0) is 48.2 Å². The van der Waals surface area contributed by atoms with Gasteiger partial charge in [-0.25, -0.2) is 0 Å². The number of nitrogens with two attached hydrogens (primary N) is 1. The van der Waals surface area contributed by atoms with E-state index in [9.17, 15) is 0 Å². The van der Waals surface area contributed by atoms with E-state index in [-0.39, 0.29) is 6.61 Å². The van der Waals surface area contributed by atoms with Crippen molar-refractivity contribution in [2.75, 3.05) is 26.9 Å². The number of unbranched alkanes of at least 4 members (excludes halogenated alkanes) is 2. The molecule has 40 heavy (non-hydrogen) atoms. The fraction of sp³-hybridized carbons (Fsp3) is 0.484. The fourth-order valence-electron chi connectivity index (χ4n) is 4.61.